The van der Waals surface area contributed by atoms with Crippen molar-refractivity contribution in [3.05, 3.63) is 131 Å². The first-order valence-electron chi connectivity index (χ1n) is 9.88. The van der Waals surface area contributed by atoms with Crippen LogP contribution in [0.25, 0.3) is 20.2 Å². The maximum Gasteiger partial charge on any atom is 0.195 e. The summed E-state index contributed by atoms with van der Waals surface area (Å²) >= 11 is 1.67. The Balaban J connectivity index is 0.000000149. The van der Waals surface area contributed by atoms with Crippen LogP contribution in [0.2, 0.25) is 0 Å². The van der Waals surface area contributed by atoms with E-state index >= 15 is 0 Å². The largest absolute Gasteiger partial charge is 0.380 e. The first-order chi connectivity index (χ1) is 15.1. The van der Waals surface area contributed by atoms with Gasteiger partial charge in [-0.05, 0) is 29.8 Å². The van der Waals surface area contributed by atoms with Gasteiger partial charge in [0.05, 0.1) is 0 Å². The molecule has 0 saturated carbocycles. The van der Waals surface area contributed by atoms with E-state index in [9.17, 15) is 14.7 Å². The smallest absolute Gasteiger partial charge is 0.195 e. The van der Waals surface area contributed by atoms with Crippen molar-refractivity contribution in [3.63, 3.8) is 0 Å². The summed E-state index contributed by atoms with van der Waals surface area (Å²) in [5, 5.41) is 11.5. The van der Waals surface area contributed by atoms with E-state index in [1.807, 2.05) is 60.7 Å². The fourth-order valence-electron chi connectivity index (χ4n) is 3.30. The Kier molecular flexibility index (Phi) is 6.32. The number of benzene rings is 4. The normalized spacial score (nSPS) is 11.5. The first-order valence-corrected chi connectivity index (χ1v) is 10.7. The van der Waals surface area contributed by atoms with E-state index in [1.165, 1.54) is 0 Å². The zero-order chi connectivity index (χ0) is 21.6. The summed E-state index contributed by atoms with van der Waals surface area (Å²) in [5.41, 5.74) is 1.29. The van der Waals surface area contributed by atoms with Crippen molar-refractivity contribution in [1.29, 1.82) is 0 Å². The predicted molar refractivity (Wildman–Crippen MR) is 128 cm³/mol. The zero-order valence-corrected chi connectivity index (χ0v) is 17.5. The highest BCUT2D eigenvalue weighted by molar-refractivity contribution is 7.24. The van der Waals surface area contributed by atoms with Gasteiger partial charge >= 0.3 is 0 Å². The van der Waals surface area contributed by atoms with E-state index in [2.05, 4.69) is 0 Å². The second-order valence-corrected chi connectivity index (χ2v) is 8.05. The highest BCUT2D eigenvalue weighted by Gasteiger charge is 2.18. The second-order valence-electron chi connectivity index (χ2n) is 6.97. The maximum atomic E-state index is 12.1. The number of rotatable bonds is 3. The van der Waals surface area contributed by atoms with Crippen LogP contribution in [0.1, 0.15) is 22.0 Å². The molecule has 1 unspecified atom stereocenters. The summed E-state index contributed by atoms with van der Waals surface area (Å²) < 4.78 is 2.11. The summed E-state index contributed by atoms with van der Waals surface area (Å²) in [4.78, 5) is 24.0. The molecule has 4 heteroatoms. The second kappa shape index (κ2) is 9.47. The Hall–Kier alpha value is -3.60. The molecule has 0 amide bonds. The van der Waals surface area contributed by atoms with Crippen LogP contribution < -0.4 is 5.43 Å². The minimum absolute atomic E-state index is 0.139. The molecule has 5 rings (SSSR count). The maximum absolute atomic E-state index is 12.1. The van der Waals surface area contributed by atoms with Crippen molar-refractivity contribution in [2.45, 2.75) is 6.10 Å². The fourth-order valence-corrected chi connectivity index (χ4v) is 4.37. The zero-order valence-electron chi connectivity index (χ0n) is 16.6. The number of hydrogen-bond donors (Lipinski definition) is 1. The quantitative estimate of drug-likeness (QED) is 0.285. The summed E-state index contributed by atoms with van der Waals surface area (Å²) in [7, 11) is 0. The lowest BCUT2D eigenvalue weighted by Crippen LogP contribution is -2.11. The molecule has 4 aromatic carbocycles. The van der Waals surface area contributed by atoms with Gasteiger partial charge in [0.2, 0.25) is 0 Å². The van der Waals surface area contributed by atoms with E-state index < -0.39 is 6.10 Å². The number of ketones is 1. The van der Waals surface area contributed by atoms with Crippen molar-refractivity contribution in [1.82, 2.24) is 0 Å². The van der Waals surface area contributed by atoms with Gasteiger partial charge in [0, 0.05) is 25.7 Å². The van der Waals surface area contributed by atoms with Crippen LogP contribution in [0.3, 0.4) is 0 Å². The van der Waals surface area contributed by atoms with E-state index in [0.717, 1.165) is 20.2 Å². The summed E-state index contributed by atoms with van der Waals surface area (Å²) in [6.07, 6.45) is -1.08. The third-order valence-corrected chi connectivity index (χ3v) is 6.06. The standard InChI is InChI=1S/C14H12O2.C13H8OS/c15-13(11-7-3-1-4-8-11)14(16)12-9-5-2-6-10-12;14-13-9-5-1-3-7-11(9)15-12-8-4-2-6-10(12)13/h1-10,13,15H;1-8H. The predicted octanol–water partition coefficient (Wildman–Crippen LogP) is 6.02. The lowest BCUT2D eigenvalue weighted by Gasteiger charge is -2.09. The molecular formula is C27H20O3S. The number of aliphatic hydroxyl groups excluding tert-OH is 1. The van der Waals surface area contributed by atoms with Crippen LogP contribution in [0.15, 0.2) is 114 Å². The topological polar surface area (TPSA) is 54.4 Å². The summed E-state index contributed by atoms with van der Waals surface area (Å²) in [5.74, 6) is -0.271. The summed E-state index contributed by atoms with van der Waals surface area (Å²) in [6.45, 7) is 0. The number of hydrogen-bond acceptors (Lipinski definition) is 4. The minimum Gasteiger partial charge on any atom is -0.380 e. The Morgan fingerprint density at radius 1 is 0.645 bits per heavy atom. The third-order valence-electron chi connectivity index (χ3n) is 4.91. The Labute approximate surface area is 183 Å². The van der Waals surface area contributed by atoms with Crippen LogP contribution in [-0.4, -0.2) is 10.9 Å². The first kappa shape index (κ1) is 20.7. The molecule has 1 N–H and O–H groups in total. The van der Waals surface area contributed by atoms with Gasteiger partial charge < -0.3 is 5.11 Å². The molecule has 0 saturated heterocycles. The van der Waals surface area contributed by atoms with Crippen molar-refractivity contribution >= 4 is 37.3 Å². The molecule has 0 fully saturated rings. The molecule has 5 aromatic rings. The van der Waals surface area contributed by atoms with E-state index in [-0.39, 0.29) is 11.2 Å². The minimum atomic E-state index is -1.08. The van der Waals surface area contributed by atoms with E-state index in [4.69, 9.17) is 0 Å². The van der Waals surface area contributed by atoms with Crippen molar-refractivity contribution < 1.29 is 9.90 Å². The number of Topliss-reactive ketones (excluding diaryl/α,β-unsaturated/α-hetero) is 1. The highest BCUT2D eigenvalue weighted by Crippen LogP contribution is 2.23. The lowest BCUT2D eigenvalue weighted by molar-refractivity contribution is 0.0747. The van der Waals surface area contributed by atoms with Crippen LogP contribution >= 0.6 is 11.3 Å². The van der Waals surface area contributed by atoms with Gasteiger partial charge in [-0.3, -0.25) is 9.59 Å². The van der Waals surface area contributed by atoms with E-state index in [0.29, 0.717) is 11.1 Å². The molecule has 0 spiro atoms. The van der Waals surface area contributed by atoms with Crippen LogP contribution in [0.5, 0.6) is 0 Å². The van der Waals surface area contributed by atoms with Gasteiger partial charge in [0.25, 0.3) is 0 Å². The Morgan fingerprint density at radius 3 is 1.65 bits per heavy atom. The highest BCUT2D eigenvalue weighted by atomic mass is 32.1. The number of carbonyl (C=O) groups is 1. The number of aliphatic hydroxyl groups is 1. The molecule has 0 aliphatic heterocycles. The Morgan fingerprint density at radius 2 is 1.10 bits per heavy atom. The average Bonchev–Trinajstić information content (AvgIpc) is 2.85. The molecule has 1 atom stereocenters. The number of carbonyl (C=O) groups excluding carboxylic acids is 1. The molecule has 31 heavy (non-hydrogen) atoms. The van der Waals surface area contributed by atoms with Crippen LogP contribution in [-0.2, 0) is 0 Å². The molecule has 152 valence electrons. The fraction of sp³-hybridized carbons (Fsp3) is 0.0370. The van der Waals surface area contributed by atoms with Gasteiger partial charge in [-0.2, -0.15) is 0 Å². The molecular weight excluding hydrogens is 404 g/mol. The molecule has 0 aliphatic carbocycles. The van der Waals surface area contributed by atoms with Crippen molar-refractivity contribution in [2.24, 2.45) is 0 Å². The van der Waals surface area contributed by atoms with Gasteiger partial charge in [-0.25, -0.2) is 0 Å². The van der Waals surface area contributed by atoms with E-state index in [1.54, 1.807) is 59.9 Å². The average molecular weight is 425 g/mol. The molecule has 0 aliphatic rings. The Bertz CT molecular complexity index is 1320. The monoisotopic (exact) mass is 424 g/mol. The molecule has 0 radical (unpaired) electrons. The van der Waals surface area contributed by atoms with Gasteiger partial charge in [-0.1, -0.05) is 84.9 Å². The summed E-state index contributed by atoms with van der Waals surface area (Å²) in [6, 6.07) is 33.3. The van der Waals surface area contributed by atoms with Crippen molar-refractivity contribution in [2.75, 3.05) is 0 Å². The lowest BCUT2D eigenvalue weighted by atomic mass is 10.0. The molecule has 1 aromatic heterocycles. The molecule has 0 bridgehead atoms. The van der Waals surface area contributed by atoms with Gasteiger partial charge in [0.1, 0.15) is 6.10 Å². The van der Waals surface area contributed by atoms with Crippen LogP contribution in [0, 0.1) is 0 Å². The molecule has 1 heterocycles. The van der Waals surface area contributed by atoms with Crippen molar-refractivity contribution in [3.8, 4) is 0 Å². The SMILES string of the molecule is O=C(c1ccccc1)C(O)c1ccccc1.O=c1c2ccccc2sc2ccccc12. The van der Waals surface area contributed by atoms with Gasteiger partial charge in [-0.15, -0.1) is 11.3 Å². The van der Waals surface area contributed by atoms with Gasteiger partial charge in [0.15, 0.2) is 11.2 Å². The molecule has 3 nitrogen and oxygen atoms in total. The number of fused-ring (bicyclic) bond motifs is 2. The third kappa shape index (κ3) is 4.61. The van der Waals surface area contributed by atoms with Crippen LogP contribution in [0.4, 0.5) is 0 Å².